The summed E-state index contributed by atoms with van der Waals surface area (Å²) in [5.74, 6) is 0.958. The minimum absolute atomic E-state index is 0.823. The molecule has 0 aliphatic carbocycles. The Morgan fingerprint density at radius 3 is 2.54 bits per heavy atom. The topological polar surface area (TPSA) is 29.3 Å². The summed E-state index contributed by atoms with van der Waals surface area (Å²) < 4.78 is 2.22. The number of aliphatic imine (C=N–C) groups is 1. The molecule has 0 unspecified atom stereocenters. The quantitative estimate of drug-likeness (QED) is 0.572. The van der Waals surface area contributed by atoms with Gasteiger partial charge >= 0.3 is 0 Å². The summed E-state index contributed by atoms with van der Waals surface area (Å²) in [7, 11) is 0. The Hall–Kier alpha value is -3.33. The Labute approximate surface area is 152 Å². The zero-order valence-electron chi connectivity index (χ0n) is 14.4. The van der Waals surface area contributed by atoms with Crippen LogP contribution in [-0.2, 0) is 0 Å². The van der Waals surface area contributed by atoms with Crippen molar-refractivity contribution < 1.29 is 0 Å². The van der Waals surface area contributed by atoms with Crippen LogP contribution in [-0.4, -0.2) is 23.5 Å². The molecule has 0 atom stereocenters. The lowest BCUT2D eigenvalue weighted by Crippen LogP contribution is -2.22. The molecular formula is C23H19N3. The van der Waals surface area contributed by atoms with Crippen LogP contribution in [0.3, 0.4) is 0 Å². The van der Waals surface area contributed by atoms with Crippen LogP contribution in [0.2, 0.25) is 0 Å². The van der Waals surface area contributed by atoms with Gasteiger partial charge in [0.05, 0.1) is 17.8 Å². The predicted molar refractivity (Wildman–Crippen MR) is 110 cm³/mol. The third-order valence-corrected chi connectivity index (χ3v) is 4.85. The van der Waals surface area contributed by atoms with Crippen LogP contribution in [0.15, 0.2) is 84.0 Å². The number of benzene rings is 3. The van der Waals surface area contributed by atoms with Crippen molar-refractivity contribution in [3.8, 4) is 0 Å². The third kappa shape index (κ3) is 2.58. The lowest BCUT2D eigenvalue weighted by Gasteiger charge is -2.12. The molecule has 0 saturated heterocycles. The molecule has 0 spiro atoms. The van der Waals surface area contributed by atoms with Gasteiger partial charge in [-0.2, -0.15) is 0 Å². The van der Waals surface area contributed by atoms with Gasteiger partial charge in [0, 0.05) is 12.7 Å². The molecule has 1 aliphatic rings. The number of nitrogens with zero attached hydrogens (tertiary/aromatic N) is 2. The van der Waals surface area contributed by atoms with Crippen molar-refractivity contribution in [2.45, 2.75) is 0 Å². The van der Waals surface area contributed by atoms with E-state index >= 15 is 0 Å². The second-order valence-electron chi connectivity index (χ2n) is 6.54. The Morgan fingerprint density at radius 2 is 1.69 bits per heavy atom. The monoisotopic (exact) mass is 337 g/mol. The average Bonchev–Trinajstić information content (AvgIpc) is 3.36. The van der Waals surface area contributed by atoms with Crippen LogP contribution in [0.5, 0.6) is 0 Å². The molecule has 0 fully saturated rings. The highest BCUT2D eigenvalue weighted by atomic mass is 15.1. The van der Waals surface area contributed by atoms with Gasteiger partial charge in [0.15, 0.2) is 0 Å². The molecule has 3 nitrogen and oxygen atoms in total. The highest BCUT2D eigenvalue weighted by Gasteiger charge is 2.15. The van der Waals surface area contributed by atoms with Crippen molar-refractivity contribution in [3.63, 3.8) is 0 Å². The Balaban J connectivity index is 1.69. The first-order valence-corrected chi connectivity index (χ1v) is 8.94. The highest BCUT2D eigenvalue weighted by Crippen LogP contribution is 2.24. The smallest absolute Gasteiger partial charge is 0.145 e. The number of hydrogen-bond donors (Lipinski definition) is 1. The number of fused-ring (bicyclic) bond motifs is 2. The minimum Gasteiger partial charge on any atom is -0.367 e. The molecule has 3 aromatic carbocycles. The summed E-state index contributed by atoms with van der Waals surface area (Å²) in [4.78, 5) is 4.67. The summed E-state index contributed by atoms with van der Waals surface area (Å²) in [6, 6.07) is 25.6. The molecule has 2 heterocycles. The van der Waals surface area contributed by atoms with Gasteiger partial charge in [-0.1, -0.05) is 54.6 Å². The van der Waals surface area contributed by atoms with E-state index in [0.29, 0.717) is 0 Å². The van der Waals surface area contributed by atoms with Crippen LogP contribution < -0.4 is 5.32 Å². The molecule has 3 heteroatoms. The van der Waals surface area contributed by atoms with Gasteiger partial charge in [0.25, 0.3) is 0 Å². The number of para-hydroxylation sites is 1. The minimum atomic E-state index is 0.823. The van der Waals surface area contributed by atoms with Gasteiger partial charge in [-0.05, 0) is 46.0 Å². The molecule has 126 valence electrons. The first-order valence-electron chi connectivity index (χ1n) is 8.94. The first kappa shape index (κ1) is 15.0. The number of aromatic nitrogens is 1. The van der Waals surface area contributed by atoms with Gasteiger partial charge in [-0.3, -0.25) is 4.99 Å². The maximum absolute atomic E-state index is 4.67. The fourth-order valence-corrected chi connectivity index (χ4v) is 3.57. The zero-order valence-corrected chi connectivity index (χ0v) is 14.4. The fraction of sp³-hybridized carbons (Fsp3) is 0.0870. The van der Waals surface area contributed by atoms with E-state index in [1.807, 2.05) is 0 Å². The maximum Gasteiger partial charge on any atom is 0.145 e. The van der Waals surface area contributed by atoms with E-state index in [-0.39, 0.29) is 0 Å². The maximum atomic E-state index is 4.67. The molecule has 1 aromatic heterocycles. The molecule has 0 saturated carbocycles. The van der Waals surface area contributed by atoms with E-state index in [1.54, 1.807) is 0 Å². The Kier molecular flexibility index (Phi) is 3.56. The van der Waals surface area contributed by atoms with Crippen molar-refractivity contribution in [2.75, 3.05) is 13.1 Å². The molecule has 0 bridgehead atoms. The number of amidine groups is 1. The first-order chi connectivity index (χ1) is 12.9. The van der Waals surface area contributed by atoms with Crippen LogP contribution in [0.4, 0.5) is 0 Å². The van der Waals surface area contributed by atoms with Gasteiger partial charge < -0.3 is 9.88 Å². The number of nitrogens with one attached hydrogen (secondary N) is 1. The van der Waals surface area contributed by atoms with Crippen molar-refractivity contribution >= 4 is 39.3 Å². The second-order valence-corrected chi connectivity index (χ2v) is 6.54. The number of rotatable bonds is 3. The standard InChI is InChI=1S/C23H19N3/c1-2-7-20-15-17(9-10-18(20)5-1)16-22(23-24-12-13-25-23)26-14-11-19-6-3-4-8-21(19)26/h1-11,14-16H,12-13H2,(H,24,25)/b22-16-. The van der Waals surface area contributed by atoms with Gasteiger partial charge in [-0.25, -0.2) is 0 Å². The van der Waals surface area contributed by atoms with Crippen molar-refractivity contribution in [2.24, 2.45) is 4.99 Å². The molecule has 26 heavy (non-hydrogen) atoms. The summed E-state index contributed by atoms with van der Waals surface area (Å²) in [6.45, 7) is 1.72. The van der Waals surface area contributed by atoms with E-state index in [0.717, 1.165) is 24.6 Å². The summed E-state index contributed by atoms with van der Waals surface area (Å²) >= 11 is 0. The van der Waals surface area contributed by atoms with Gasteiger partial charge in [0.2, 0.25) is 0 Å². The Morgan fingerprint density at radius 1 is 0.885 bits per heavy atom. The van der Waals surface area contributed by atoms with E-state index in [9.17, 15) is 0 Å². The predicted octanol–water partition coefficient (Wildman–Crippen LogP) is 4.79. The van der Waals surface area contributed by atoms with Crippen LogP contribution in [0, 0.1) is 0 Å². The highest BCUT2D eigenvalue weighted by molar-refractivity contribution is 6.23. The van der Waals surface area contributed by atoms with Crippen molar-refractivity contribution in [3.05, 3.63) is 84.6 Å². The van der Waals surface area contributed by atoms with Crippen molar-refractivity contribution in [1.29, 1.82) is 0 Å². The third-order valence-electron chi connectivity index (χ3n) is 4.85. The van der Waals surface area contributed by atoms with Crippen LogP contribution >= 0.6 is 0 Å². The molecule has 0 radical (unpaired) electrons. The summed E-state index contributed by atoms with van der Waals surface area (Å²) in [5, 5.41) is 7.17. The van der Waals surface area contributed by atoms with E-state index < -0.39 is 0 Å². The largest absolute Gasteiger partial charge is 0.367 e. The molecular weight excluding hydrogens is 318 g/mol. The average molecular weight is 337 g/mol. The van der Waals surface area contributed by atoms with Gasteiger partial charge in [0.1, 0.15) is 5.84 Å². The second kappa shape index (κ2) is 6.19. The number of hydrogen-bond acceptors (Lipinski definition) is 2. The van der Waals surface area contributed by atoms with Crippen LogP contribution in [0.25, 0.3) is 33.4 Å². The molecule has 5 rings (SSSR count). The van der Waals surface area contributed by atoms with E-state index in [1.165, 1.54) is 27.2 Å². The Bertz CT molecular complexity index is 1160. The molecule has 4 aromatic rings. The van der Waals surface area contributed by atoms with E-state index in [2.05, 4.69) is 99.9 Å². The molecule has 1 aliphatic heterocycles. The lowest BCUT2D eigenvalue weighted by atomic mass is 10.1. The zero-order chi connectivity index (χ0) is 17.3. The summed E-state index contributed by atoms with van der Waals surface area (Å²) in [5.41, 5.74) is 3.45. The van der Waals surface area contributed by atoms with E-state index in [4.69, 9.17) is 0 Å². The lowest BCUT2D eigenvalue weighted by molar-refractivity contribution is 0.959. The summed E-state index contributed by atoms with van der Waals surface area (Å²) in [6.07, 6.45) is 4.34. The van der Waals surface area contributed by atoms with Gasteiger partial charge in [-0.15, -0.1) is 0 Å². The molecule has 1 N–H and O–H groups in total. The SMILES string of the molecule is C(=C(\C1=NCCN1)n1ccc2ccccc21)/c1ccc2ccccc2c1. The fourth-order valence-electron chi connectivity index (χ4n) is 3.57. The van der Waals surface area contributed by atoms with Crippen LogP contribution in [0.1, 0.15) is 5.56 Å². The van der Waals surface area contributed by atoms with Crippen molar-refractivity contribution in [1.82, 2.24) is 9.88 Å². The normalized spacial score (nSPS) is 14.6. The molecule has 0 amide bonds.